The molecule has 5 nitrogen and oxygen atoms in total. The molecule has 1 aromatic heterocycles. The second kappa shape index (κ2) is 5.25. The van der Waals surface area contributed by atoms with Gasteiger partial charge in [0, 0.05) is 11.3 Å². The van der Waals surface area contributed by atoms with Gasteiger partial charge in [0.15, 0.2) is 5.82 Å². The van der Waals surface area contributed by atoms with Crippen molar-refractivity contribution in [2.45, 2.75) is 6.92 Å². The molecule has 0 aliphatic rings. The molecule has 3 aromatic rings. The smallest absolute Gasteiger partial charge is 0.188 e. The molecule has 2 N–H and O–H groups in total. The Morgan fingerprint density at radius 3 is 2.81 bits per heavy atom. The fourth-order valence-corrected chi connectivity index (χ4v) is 2.45. The summed E-state index contributed by atoms with van der Waals surface area (Å²) in [6.07, 6.45) is 0. The van der Waals surface area contributed by atoms with Crippen LogP contribution in [0.15, 0.2) is 40.9 Å². The predicted molar refractivity (Wildman–Crippen MR) is 81.4 cm³/mol. The molecular formula is C14H11BrFN5. The van der Waals surface area contributed by atoms with Crippen molar-refractivity contribution in [3.05, 3.63) is 52.3 Å². The van der Waals surface area contributed by atoms with E-state index in [0.717, 1.165) is 10.0 Å². The van der Waals surface area contributed by atoms with Crippen molar-refractivity contribution in [3.63, 3.8) is 0 Å². The first kappa shape index (κ1) is 13.7. The van der Waals surface area contributed by atoms with Crippen LogP contribution in [0.25, 0.3) is 17.1 Å². The Bertz CT molecular complexity index is 815. The van der Waals surface area contributed by atoms with E-state index >= 15 is 0 Å². The van der Waals surface area contributed by atoms with Gasteiger partial charge < -0.3 is 5.73 Å². The maximum atomic E-state index is 13.4. The predicted octanol–water partition coefficient (Wildman–Crippen LogP) is 3.12. The third kappa shape index (κ3) is 2.40. The maximum absolute atomic E-state index is 13.4. The number of aromatic nitrogens is 4. The molecule has 3 rings (SSSR count). The van der Waals surface area contributed by atoms with Gasteiger partial charge in [-0.25, -0.2) is 4.39 Å². The van der Waals surface area contributed by atoms with Crippen LogP contribution >= 0.6 is 15.9 Å². The van der Waals surface area contributed by atoms with Gasteiger partial charge in [-0.15, -0.1) is 5.10 Å². The van der Waals surface area contributed by atoms with Gasteiger partial charge in [-0.3, -0.25) is 0 Å². The summed E-state index contributed by atoms with van der Waals surface area (Å²) < 4.78 is 15.7. The number of tetrazole rings is 1. The van der Waals surface area contributed by atoms with Gasteiger partial charge in [0.05, 0.1) is 10.2 Å². The maximum Gasteiger partial charge on any atom is 0.188 e. The Labute approximate surface area is 128 Å². The molecule has 0 radical (unpaired) electrons. The molecule has 2 aromatic carbocycles. The second-order valence-corrected chi connectivity index (χ2v) is 5.35. The normalized spacial score (nSPS) is 10.8. The van der Waals surface area contributed by atoms with Crippen molar-refractivity contribution >= 4 is 21.6 Å². The molecule has 1 heterocycles. The first-order valence-corrected chi connectivity index (χ1v) is 6.96. The molecule has 0 fully saturated rings. The lowest BCUT2D eigenvalue weighted by atomic mass is 10.1. The van der Waals surface area contributed by atoms with Gasteiger partial charge in [-0.2, -0.15) is 4.68 Å². The number of anilines is 1. The van der Waals surface area contributed by atoms with E-state index in [4.69, 9.17) is 5.73 Å². The molecule has 21 heavy (non-hydrogen) atoms. The summed E-state index contributed by atoms with van der Waals surface area (Å²) in [6, 6.07) is 10.2. The highest BCUT2D eigenvalue weighted by molar-refractivity contribution is 9.10. The zero-order valence-corrected chi connectivity index (χ0v) is 12.7. The van der Waals surface area contributed by atoms with E-state index in [-0.39, 0.29) is 5.82 Å². The van der Waals surface area contributed by atoms with Crippen molar-refractivity contribution in [1.82, 2.24) is 20.2 Å². The Morgan fingerprint density at radius 1 is 1.24 bits per heavy atom. The third-order valence-electron chi connectivity index (χ3n) is 3.13. The minimum atomic E-state index is -0.265. The Hall–Kier alpha value is -2.28. The lowest BCUT2D eigenvalue weighted by Crippen LogP contribution is -2.02. The molecule has 0 aliphatic carbocycles. The van der Waals surface area contributed by atoms with Crippen molar-refractivity contribution in [3.8, 4) is 17.1 Å². The minimum absolute atomic E-state index is 0.265. The molecule has 0 spiro atoms. The summed E-state index contributed by atoms with van der Waals surface area (Å²) in [5.41, 5.74) is 8.46. The first-order chi connectivity index (χ1) is 10.1. The lowest BCUT2D eigenvalue weighted by Gasteiger charge is -2.08. The summed E-state index contributed by atoms with van der Waals surface area (Å²) in [6.45, 7) is 1.69. The van der Waals surface area contributed by atoms with Crippen molar-refractivity contribution in [1.29, 1.82) is 0 Å². The largest absolute Gasteiger partial charge is 0.398 e. The lowest BCUT2D eigenvalue weighted by molar-refractivity contribution is 0.617. The minimum Gasteiger partial charge on any atom is -0.398 e. The molecular weight excluding hydrogens is 337 g/mol. The quantitative estimate of drug-likeness (QED) is 0.723. The van der Waals surface area contributed by atoms with E-state index in [9.17, 15) is 4.39 Å². The van der Waals surface area contributed by atoms with Gasteiger partial charge in [0.1, 0.15) is 5.82 Å². The second-order valence-electron chi connectivity index (χ2n) is 4.56. The zero-order valence-electron chi connectivity index (χ0n) is 11.1. The van der Waals surface area contributed by atoms with Gasteiger partial charge in [-0.1, -0.05) is 6.07 Å². The van der Waals surface area contributed by atoms with Crippen LogP contribution in [0, 0.1) is 12.7 Å². The van der Waals surface area contributed by atoms with Gasteiger partial charge >= 0.3 is 0 Å². The standard InChI is InChI=1S/C14H11BrFN5/c1-8-7-9(5-6-11(8)16)21-14(18-19-20-21)10-3-2-4-12(17)13(10)15/h2-7H,17H2,1H3. The highest BCUT2D eigenvalue weighted by Crippen LogP contribution is 2.32. The van der Waals surface area contributed by atoms with Crippen molar-refractivity contribution in [2.75, 3.05) is 5.73 Å². The number of nitrogen functional groups attached to an aromatic ring is 1. The van der Waals surface area contributed by atoms with E-state index in [1.165, 1.54) is 6.07 Å². The SMILES string of the molecule is Cc1cc(-n2nnnc2-c2cccc(N)c2Br)ccc1F. The van der Waals surface area contributed by atoms with Crippen LogP contribution < -0.4 is 5.73 Å². The monoisotopic (exact) mass is 347 g/mol. The zero-order chi connectivity index (χ0) is 15.0. The molecule has 7 heteroatoms. The van der Waals surface area contributed by atoms with Gasteiger partial charge in [0.25, 0.3) is 0 Å². The molecule has 0 atom stereocenters. The number of nitrogens with two attached hydrogens (primary N) is 1. The van der Waals surface area contributed by atoms with Gasteiger partial charge in [-0.05, 0) is 69.2 Å². The number of benzene rings is 2. The number of hydrogen-bond donors (Lipinski definition) is 1. The molecule has 0 saturated heterocycles. The fraction of sp³-hybridized carbons (Fsp3) is 0.0714. The summed E-state index contributed by atoms with van der Waals surface area (Å²) in [5.74, 6) is 0.263. The van der Waals surface area contributed by atoms with E-state index in [2.05, 4.69) is 31.5 Å². The highest BCUT2D eigenvalue weighted by Gasteiger charge is 2.15. The van der Waals surface area contributed by atoms with Crippen LogP contribution in [0.1, 0.15) is 5.56 Å². The summed E-state index contributed by atoms with van der Waals surface area (Å²) in [4.78, 5) is 0. The van der Waals surface area contributed by atoms with E-state index < -0.39 is 0 Å². The topological polar surface area (TPSA) is 69.6 Å². The van der Waals surface area contributed by atoms with E-state index in [0.29, 0.717) is 22.8 Å². The Balaban J connectivity index is 2.17. The summed E-state index contributed by atoms with van der Waals surface area (Å²) >= 11 is 3.44. The number of nitrogens with zero attached hydrogens (tertiary/aromatic N) is 4. The number of halogens is 2. The van der Waals surface area contributed by atoms with E-state index in [1.807, 2.05) is 12.1 Å². The Morgan fingerprint density at radius 2 is 2.05 bits per heavy atom. The highest BCUT2D eigenvalue weighted by atomic mass is 79.9. The van der Waals surface area contributed by atoms with Crippen LogP contribution in [-0.2, 0) is 0 Å². The average molecular weight is 348 g/mol. The fourth-order valence-electron chi connectivity index (χ4n) is 2.01. The number of rotatable bonds is 2. The van der Waals surface area contributed by atoms with Crippen LogP contribution in [0.3, 0.4) is 0 Å². The molecule has 106 valence electrons. The van der Waals surface area contributed by atoms with Crippen LogP contribution in [0.5, 0.6) is 0 Å². The average Bonchev–Trinajstić information content (AvgIpc) is 2.94. The summed E-state index contributed by atoms with van der Waals surface area (Å²) in [5, 5.41) is 11.7. The van der Waals surface area contributed by atoms with E-state index in [1.54, 1.807) is 29.8 Å². The Kier molecular flexibility index (Phi) is 3.42. The van der Waals surface area contributed by atoms with Crippen LogP contribution in [0.4, 0.5) is 10.1 Å². The third-order valence-corrected chi connectivity index (χ3v) is 4.01. The summed E-state index contributed by atoms with van der Waals surface area (Å²) in [7, 11) is 0. The molecule has 0 bridgehead atoms. The van der Waals surface area contributed by atoms with Crippen LogP contribution in [-0.4, -0.2) is 20.2 Å². The van der Waals surface area contributed by atoms with Crippen molar-refractivity contribution < 1.29 is 4.39 Å². The molecule has 0 aliphatic heterocycles. The first-order valence-electron chi connectivity index (χ1n) is 6.17. The molecule has 0 saturated carbocycles. The number of hydrogen-bond acceptors (Lipinski definition) is 4. The molecule has 0 amide bonds. The number of aryl methyl sites for hydroxylation is 1. The van der Waals surface area contributed by atoms with Gasteiger partial charge in [0.2, 0.25) is 0 Å². The van der Waals surface area contributed by atoms with Crippen molar-refractivity contribution in [2.24, 2.45) is 0 Å². The molecule has 0 unspecified atom stereocenters. The van der Waals surface area contributed by atoms with Crippen LogP contribution in [0.2, 0.25) is 0 Å².